The molecule has 0 aliphatic carbocycles. The van der Waals surface area contributed by atoms with Crippen LogP contribution in [0.3, 0.4) is 0 Å². The van der Waals surface area contributed by atoms with Crippen LogP contribution in [0, 0.1) is 0 Å². The first-order chi connectivity index (χ1) is 13.6. The van der Waals surface area contributed by atoms with Gasteiger partial charge in [-0.25, -0.2) is 0 Å². The second kappa shape index (κ2) is 7.60. The highest BCUT2D eigenvalue weighted by atomic mass is 32.1. The molecule has 3 aromatic carbocycles. The number of carbonyl (C=O) groups is 1. The molecule has 5 heteroatoms. The van der Waals surface area contributed by atoms with Crippen LogP contribution in [0.1, 0.15) is 30.0 Å². The van der Waals surface area contributed by atoms with Gasteiger partial charge in [-0.2, -0.15) is 0 Å². The summed E-state index contributed by atoms with van der Waals surface area (Å²) in [5.74, 6) is 0.427. The van der Waals surface area contributed by atoms with Crippen molar-refractivity contribution in [2.24, 2.45) is 0 Å². The van der Waals surface area contributed by atoms with Gasteiger partial charge in [-0.1, -0.05) is 54.6 Å². The van der Waals surface area contributed by atoms with Crippen molar-refractivity contribution >= 4 is 34.1 Å². The van der Waals surface area contributed by atoms with Crippen LogP contribution < -0.4 is 4.74 Å². The molecule has 1 saturated heterocycles. The number of amides is 1. The van der Waals surface area contributed by atoms with Gasteiger partial charge in [0.25, 0.3) is 5.17 Å². The predicted octanol–water partition coefficient (Wildman–Crippen LogP) is 4.84. The maximum Gasteiger partial charge on any atom is 0.266 e. The van der Waals surface area contributed by atoms with E-state index in [0.717, 1.165) is 27.6 Å². The standard InChI is InChI=1S/C23H21NO3S/c1-15(17-8-9-19-13-20(26-2)11-10-18(19)12-17)22(25)24-21(14-27-23(24)28)16-6-4-3-5-7-16/h3-13,15,21H,14H2,1-2H3/t15-,21-/m1/s1. The zero-order valence-electron chi connectivity index (χ0n) is 15.8. The molecule has 1 amide bonds. The fourth-order valence-electron chi connectivity index (χ4n) is 3.58. The second-order valence-electron chi connectivity index (χ2n) is 6.91. The molecule has 2 atom stereocenters. The van der Waals surface area contributed by atoms with E-state index < -0.39 is 0 Å². The molecular weight excluding hydrogens is 370 g/mol. The van der Waals surface area contributed by atoms with Gasteiger partial charge in [-0.3, -0.25) is 9.69 Å². The fourth-order valence-corrected chi connectivity index (χ4v) is 3.86. The molecule has 1 aliphatic heterocycles. The van der Waals surface area contributed by atoms with E-state index in [2.05, 4.69) is 6.07 Å². The number of methoxy groups -OCH3 is 1. The van der Waals surface area contributed by atoms with E-state index in [1.807, 2.05) is 67.6 Å². The average Bonchev–Trinajstić information content (AvgIpc) is 3.13. The Kier molecular flexibility index (Phi) is 5.01. The third-order valence-electron chi connectivity index (χ3n) is 5.24. The van der Waals surface area contributed by atoms with Crippen molar-refractivity contribution in [3.05, 3.63) is 77.9 Å². The largest absolute Gasteiger partial charge is 0.497 e. The van der Waals surface area contributed by atoms with Gasteiger partial charge in [0.2, 0.25) is 5.91 Å². The molecule has 28 heavy (non-hydrogen) atoms. The monoisotopic (exact) mass is 391 g/mol. The first-order valence-corrected chi connectivity index (χ1v) is 9.62. The molecular formula is C23H21NO3S. The van der Waals surface area contributed by atoms with E-state index >= 15 is 0 Å². The smallest absolute Gasteiger partial charge is 0.266 e. The highest BCUT2D eigenvalue weighted by Gasteiger charge is 2.38. The molecule has 142 valence electrons. The fraction of sp³-hybridized carbons (Fsp3) is 0.217. The lowest BCUT2D eigenvalue weighted by Crippen LogP contribution is -2.36. The lowest BCUT2D eigenvalue weighted by molar-refractivity contribution is -0.129. The van der Waals surface area contributed by atoms with Crippen molar-refractivity contribution in [2.75, 3.05) is 13.7 Å². The molecule has 0 saturated carbocycles. The van der Waals surface area contributed by atoms with Crippen molar-refractivity contribution < 1.29 is 14.3 Å². The molecule has 0 unspecified atom stereocenters. The van der Waals surface area contributed by atoms with Crippen molar-refractivity contribution in [2.45, 2.75) is 18.9 Å². The first kappa shape index (κ1) is 18.4. The summed E-state index contributed by atoms with van der Waals surface area (Å²) in [5, 5.41) is 2.39. The summed E-state index contributed by atoms with van der Waals surface area (Å²) in [5.41, 5.74) is 1.97. The van der Waals surface area contributed by atoms with E-state index in [4.69, 9.17) is 21.7 Å². The predicted molar refractivity (Wildman–Crippen MR) is 113 cm³/mol. The van der Waals surface area contributed by atoms with Gasteiger partial charge in [-0.15, -0.1) is 0 Å². The van der Waals surface area contributed by atoms with Crippen LogP contribution in [0.2, 0.25) is 0 Å². The number of hydrogen-bond acceptors (Lipinski definition) is 4. The number of ether oxygens (including phenoxy) is 2. The Morgan fingerprint density at radius 1 is 1.11 bits per heavy atom. The zero-order chi connectivity index (χ0) is 19.7. The summed E-state index contributed by atoms with van der Waals surface area (Å²) in [7, 11) is 1.65. The number of nitrogens with zero attached hydrogens (tertiary/aromatic N) is 1. The molecule has 1 fully saturated rings. The highest BCUT2D eigenvalue weighted by molar-refractivity contribution is 7.80. The lowest BCUT2D eigenvalue weighted by atomic mass is 9.95. The Balaban J connectivity index is 1.63. The van der Waals surface area contributed by atoms with E-state index in [0.29, 0.717) is 6.61 Å². The van der Waals surface area contributed by atoms with E-state index in [1.165, 1.54) is 0 Å². The van der Waals surface area contributed by atoms with E-state index in [1.54, 1.807) is 12.0 Å². The molecule has 0 spiro atoms. The van der Waals surface area contributed by atoms with E-state index in [-0.39, 0.29) is 23.0 Å². The number of rotatable bonds is 4. The van der Waals surface area contributed by atoms with Crippen molar-refractivity contribution in [1.82, 2.24) is 4.90 Å². The van der Waals surface area contributed by atoms with E-state index in [9.17, 15) is 4.79 Å². The van der Waals surface area contributed by atoms with Crippen molar-refractivity contribution in [1.29, 1.82) is 0 Å². The van der Waals surface area contributed by atoms with Gasteiger partial charge in [0.05, 0.1) is 19.1 Å². The summed E-state index contributed by atoms with van der Waals surface area (Å²) in [6.45, 7) is 2.30. The van der Waals surface area contributed by atoms with Crippen LogP contribution in [0.25, 0.3) is 10.8 Å². The lowest BCUT2D eigenvalue weighted by Gasteiger charge is -2.25. The van der Waals surface area contributed by atoms with Crippen LogP contribution >= 0.6 is 12.2 Å². The van der Waals surface area contributed by atoms with Crippen LogP contribution in [0.15, 0.2) is 66.7 Å². The quantitative estimate of drug-likeness (QED) is 0.597. The summed E-state index contributed by atoms with van der Waals surface area (Å²) in [6, 6.07) is 21.7. The SMILES string of the molecule is COc1ccc2cc([C@@H](C)C(=O)N3C(=S)OC[C@@H]3c3ccccc3)ccc2c1. The van der Waals surface area contributed by atoms with Gasteiger partial charge in [0.15, 0.2) is 0 Å². The molecule has 4 nitrogen and oxygen atoms in total. The minimum absolute atomic E-state index is 0.0517. The molecule has 3 aromatic rings. The topological polar surface area (TPSA) is 38.8 Å². The summed E-state index contributed by atoms with van der Waals surface area (Å²) >= 11 is 5.34. The summed E-state index contributed by atoms with van der Waals surface area (Å²) < 4.78 is 10.8. The maximum atomic E-state index is 13.3. The molecule has 4 rings (SSSR count). The van der Waals surface area contributed by atoms with Gasteiger partial charge >= 0.3 is 0 Å². The Morgan fingerprint density at radius 3 is 2.57 bits per heavy atom. The Labute approximate surface area is 169 Å². The summed E-state index contributed by atoms with van der Waals surface area (Å²) in [6.07, 6.45) is 0. The third kappa shape index (κ3) is 3.34. The van der Waals surface area contributed by atoms with Gasteiger partial charge in [-0.05, 0) is 53.2 Å². The van der Waals surface area contributed by atoms with Crippen LogP contribution in [0.4, 0.5) is 0 Å². The maximum absolute atomic E-state index is 13.3. The molecule has 1 aliphatic rings. The molecule has 0 N–H and O–H groups in total. The van der Waals surface area contributed by atoms with Crippen LogP contribution in [-0.2, 0) is 9.53 Å². The van der Waals surface area contributed by atoms with Crippen LogP contribution in [-0.4, -0.2) is 29.7 Å². The van der Waals surface area contributed by atoms with Gasteiger partial charge < -0.3 is 9.47 Å². The van der Waals surface area contributed by atoms with Crippen LogP contribution in [0.5, 0.6) is 5.75 Å². The Morgan fingerprint density at radius 2 is 1.82 bits per heavy atom. The molecule has 0 radical (unpaired) electrons. The average molecular weight is 391 g/mol. The molecule has 0 aromatic heterocycles. The molecule has 1 heterocycles. The number of carbonyl (C=O) groups excluding carboxylic acids is 1. The number of benzene rings is 3. The summed E-state index contributed by atoms with van der Waals surface area (Å²) in [4.78, 5) is 14.9. The van der Waals surface area contributed by atoms with Gasteiger partial charge in [0, 0.05) is 0 Å². The third-order valence-corrected chi connectivity index (χ3v) is 5.55. The highest BCUT2D eigenvalue weighted by Crippen LogP contribution is 2.32. The first-order valence-electron chi connectivity index (χ1n) is 9.21. The normalized spacial score (nSPS) is 17.4. The minimum Gasteiger partial charge on any atom is -0.497 e. The van der Waals surface area contributed by atoms with Crippen molar-refractivity contribution in [3.8, 4) is 5.75 Å². The number of fused-ring (bicyclic) bond motifs is 1. The Bertz CT molecular complexity index is 1030. The zero-order valence-corrected chi connectivity index (χ0v) is 16.6. The Hall–Kier alpha value is -2.92. The number of hydrogen-bond donors (Lipinski definition) is 0. The number of thiocarbonyl (C=S) groups is 1. The minimum atomic E-state index is -0.336. The van der Waals surface area contributed by atoms with Crippen molar-refractivity contribution in [3.63, 3.8) is 0 Å². The molecule has 0 bridgehead atoms. The second-order valence-corrected chi connectivity index (χ2v) is 7.26. The van der Waals surface area contributed by atoms with Gasteiger partial charge in [0.1, 0.15) is 12.4 Å².